The second kappa shape index (κ2) is 6.31. The molecule has 112 valence electrons. The third kappa shape index (κ3) is 3.85. The topological polar surface area (TPSA) is 35.2 Å². The molecule has 0 bridgehead atoms. The minimum absolute atomic E-state index is 0.0475. The van der Waals surface area contributed by atoms with Crippen LogP contribution < -0.4 is 10.5 Å². The van der Waals surface area contributed by atoms with Gasteiger partial charge in [0.25, 0.3) is 0 Å². The second-order valence-corrected chi connectivity index (χ2v) is 6.50. The lowest BCUT2D eigenvalue weighted by molar-refractivity contribution is 0.450. The van der Waals surface area contributed by atoms with Crippen LogP contribution >= 0.6 is 0 Å². The van der Waals surface area contributed by atoms with Crippen molar-refractivity contribution in [1.29, 1.82) is 0 Å². The molecule has 0 aliphatic carbocycles. The Kier molecular flexibility index (Phi) is 4.69. The fraction of sp³-hybridized carbons (Fsp3) is 0.368. The van der Waals surface area contributed by atoms with Gasteiger partial charge in [0, 0.05) is 5.56 Å². The molecular formula is C19H25NO. The zero-order chi connectivity index (χ0) is 15.5. The van der Waals surface area contributed by atoms with E-state index >= 15 is 0 Å². The van der Waals surface area contributed by atoms with Gasteiger partial charge in [0.15, 0.2) is 0 Å². The summed E-state index contributed by atoms with van der Waals surface area (Å²) in [6, 6.07) is 14.5. The Morgan fingerprint density at radius 3 is 2.38 bits per heavy atom. The monoisotopic (exact) mass is 283 g/mol. The van der Waals surface area contributed by atoms with Gasteiger partial charge >= 0.3 is 0 Å². The highest BCUT2D eigenvalue weighted by molar-refractivity contribution is 5.45. The van der Waals surface area contributed by atoms with Crippen LogP contribution in [0.1, 0.15) is 37.5 Å². The predicted molar refractivity (Wildman–Crippen MR) is 89.2 cm³/mol. The van der Waals surface area contributed by atoms with Crippen molar-refractivity contribution in [2.24, 2.45) is 5.73 Å². The predicted octanol–water partition coefficient (Wildman–Crippen LogP) is 4.59. The van der Waals surface area contributed by atoms with E-state index in [1.165, 1.54) is 11.1 Å². The van der Waals surface area contributed by atoms with Crippen molar-refractivity contribution in [3.8, 4) is 11.5 Å². The fourth-order valence-electron chi connectivity index (χ4n) is 2.42. The highest BCUT2D eigenvalue weighted by Crippen LogP contribution is 2.35. The molecule has 0 aliphatic heterocycles. The van der Waals surface area contributed by atoms with Gasteiger partial charge in [-0.15, -0.1) is 0 Å². The van der Waals surface area contributed by atoms with E-state index in [4.69, 9.17) is 10.5 Å². The summed E-state index contributed by atoms with van der Waals surface area (Å²) in [4.78, 5) is 0. The second-order valence-electron chi connectivity index (χ2n) is 6.50. The van der Waals surface area contributed by atoms with Crippen molar-refractivity contribution in [2.45, 2.75) is 39.5 Å². The van der Waals surface area contributed by atoms with Crippen LogP contribution in [0.5, 0.6) is 11.5 Å². The van der Waals surface area contributed by atoms with E-state index in [1.54, 1.807) is 0 Å². The van der Waals surface area contributed by atoms with E-state index < -0.39 is 0 Å². The molecule has 2 rings (SSSR count). The van der Waals surface area contributed by atoms with Crippen molar-refractivity contribution < 1.29 is 4.74 Å². The summed E-state index contributed by atoms with van der Waals surface area (Å²) < 4.78 is 6.24. The Labute approximate surface area is 127 Å². The number of nitrogens with two attached hydrogens (primary N) is 1. The average molecular weight is 283 g/mol. The Bertz CT molecular complexity index is 611. The highest BCUT2D eigenvalue weighted by atomic mass is 16.5. The Hall–Kier alpha value is -1.80. The van der Waals surface area contributed by atoms with Gasteiger partial charge in [-0.25, -0.2) is 0 Å². The first-order valence-corrected chi connectivity index (χ1v) is 7.49. The zero-order valence-corrected chi connectivity index (χ0v) is 13.4. The molecule has 0 unspecified atom stereocenters. The van der Waals surface area contributed by atoms with Crippen molar-refractivity contribution in [3.63, 3.8) is 0 Å². The molecule has 0 saturated carbocycles. The van der Waals surface area contributed by atoms with Crippen molar-refractivity contribution in [2.75, 3.05) is 6.54 Å². The minimum atomic E-state index is 0.0475. The summed E-state index contributed by atoms with van der Waals surface area (Å²) in [7, 11) is 0. The van der Waals surface area contributed by atoms with Crippen LogP contribution in [0.25, 0.3) is 0 Å². The molecule has 0 fully saturated rings. The Morgan fingerprint density at radius 1 is 1.00 bits per heavy atom. The molecule has 2 heteroatoms. The first-order valence-electron chi connectivity index (χ1n) is 7.49. The number of para-hydroxylation sites is 1. The van der Waals surface area contributed by atoms with Crippen molar-refractivity contribution in [1.82, 2.24) is 0 Å². The normalized spacial score (nSPS) is 11.5. The lowest BCUT2D eigenvalue weighted by atomic mass is 9.86. The van der Waals surface area contributed by atoms with E-state index in [0.717, 1.165) is 23.5 Å². The van der Waals surface area contributed by atoms with Gasteiger partial charge in [-0.1, -0.05) is 51.1 Å². The van der Waals surface area contributed by atoms with E-state index in [0.29, 0.717) is 6.54 Å². The Balaban J connectivity index is 2.42. The molecule has 2 aromatic carbocycles. The van der Waals surface area contributed by atoms with E-state index in [9.17, 15) is 0 Å². The van der Waals surface area contributed by atoms with Crippen LogP contribution in [0.3, 0.4) is 0 Å². The van der Waals surface area contributed by atoms with Gasteiger partial charge in [0.2, 0.25) is 0 Å². The quantitative estimate of drug-likeness (QED) is 0.891. The number of hydrogen-bond donors (Lipinski definition) is 1. The van der Waals surface area contributed by atoms with Gasteiger partial charge in [-0.05, 0) is 48.6 Å². The maximum atomic E-state index is 6.24. The third-order valence-corrected chi connectivity index (χ3v) is 3.55. The van der Waals surface area contributed by atoms with Gasteiger partial charge in [0.1, 0.15) is 11.5 Å². The standard InChI is InChI=1S/C19H25NO/c1-14-9-10-16(19(2,3)4)18(13-14)21-17-8-6-5-7-15(17)11-12-20/h5-10,13H,11-12,20H2,1-4H3. The molecule has 0 radical (unpaired) electrons. The van der Waals surface area contributed by atoms with Crippen LogP contribution in [-0.2, 0) is 11.8 Å². The molecule has 0 heterocycles. The van der Waals surface area contributed by atoms with Gasteiger partial charge in [0.05, 0.1) is 0 Å². The smallest absolute Gasteiger partial charge is 0.131 e. The lowest BCUT2D eigenvalue weighted by Crippen LogP contribution is -2.13. The number of benzene rings is 2. The average Bonchev–Trinajstić information content (AvgIpc) is 2.40. The molecule has 2 aromatic rings. The SMILES string of the molecule is Cc1ccc(C(C)(C)C)c(Oc2ccccc2CCN)c1. The zero-order valence-electron chi connectivity index (χ0n) is 13.4. The third-order valence-electron chi connectivity index (χ3n) is 3.55. The molecule has 0 atom stereocenters. The first kappa shape index (κ1) is 15.6. The largest absolute Gasteiger partial charge is 0.457 e. The van der Waals surface area contributed by atoms with Gasteiger partial charge < -0.3 is 10.5 Å². The minimum Gasteiger partial charge on any atom is -0.457 e. The summed E-state index contributed by atoms with van der Waals surface area (Å²) in [5.74, 6) is 1.84. The lowest BCUT2D eigenvalue weighted by Gasteiger charge is -2.23. The molecule has 0 aromatic heterocycles. The van der Waals surface area contributed by atoms with Crippen molar-refractivity contribution >= 4 is 0 Å². The van der Waals surface area contributed by atoms with Gasteiger partial charge in [-0.3, -0.25) is 0 Å². The molecule has 0 amide bonds. The molecule has 21 heavy (non-hydrogen) atoms. The van der Waals surface area contributed by atoms with Crippen molar-refractivity contribution in [3.05, 3.63) is 59.2 Å². The Morgan fingerprint density at radius 2 is 1.71 bits per heavy atom. The molecular weight excluding hydrogens is 258 g/mol. The first-order chi connectivity index (χ1) is 9.91. The molecule has 0 spiro atoms. The van der Waals surface area contributed by atoms with E-state index in [-0.39, 0.29) is 5.41 Å². The van der Waals surface area contributed by atoms with Crippen LogP contribution in [0.15, 0.2) is 42.5 Å². The number of aryl methyl sites for hydroxylation is 1. The molecule has 2 nitrogen and oxygen atoms in total. The van der Waals surface area contributed by atoms with Crippen LogP contribution in [0.2, 0.25) is 0 Å². The van der Waals surface area contributed by atoms with Crippen LogP contribution in [0, 0.1) is 6.92 Å². The fourth-order valence-corrected chi connectivity index (χ4v) is 2.42. The van der Waals surface area contributed by atoms with E-state index in [2.05, 4.69) is 52.0 Å². The van der Waals surface area contributed by atoms with Crippen LogP contribution in [0.4, 0.5) is 0 Å². The highest BCUT2D eigenvalue weighted by Gasteiger charge is 2.19. The summed E-state index contributed by atoms with van der Waals surface area (Å²) in [6.45, 7) is 9.33. The summed E-state index contributed by atoms with van der Waals surface area (Å²) in [5, 5.41) is 0. The maximum Gasteiger partial charge on any atom is 0.131 e. The molecule has 2 N–H and O–H groups in total. The summed E-state index contributed by atoms with van der Waals surface area (Å²) in [6.07, 6.45) is 0.826. The van der Waals surface area contributed by atoms with Gasteiger partial charge in [-0.2, -0.15) is 0 Å². The van der Waals surface area contributed by atoms with Crippen LogP contribution in [-0.4, -0.2) is 6.54 Å². The number of ether oxygens (including phenoxy) is 1. The number of rotatable bonds is 4. The number of hydrogen-bond acceptors (Lipinski definition) is 2. The maximum absolute atomic E-state index is 6.24. The molecule has 0 saturated heterocycles. The summed E-state index contributed by atoms with van der Waals surface area (Å²) >= 11 is 0. The van der Waals surface area contributed by atoms with E-state index in [1.807, 2.05) is 18.2 Å². The molecule has 0 aliphatic rings. The summed E-state index contributed by atoms with van der Waals surface area (Å²) in [5.41, 5.74) is 9.31.